The van der Waals surface area contributed by atoms with Gasteiger partial charge in [-0.05, 0) is 31.7 Å². The fraction of sp³-hybridized carbons (Fsp3) is 0.615. The van der Waals surface area contributed by atoms with E-state index in [9.17, 15) is 12.8 Å². The van der Waals surface area contributed by atoms with Gasteiger partial charge in [0, 0.05) is 18.8 Å². The number of pyridine rings is 1. The van der Waals surface area contributed by atoms with Gasteiger partial charge in [-0.1, -0.05) is 0 Å². The van der Waals surface area contributed by atoms with Gasteiger partial charge in [-0.3, -0.25) is 4.98 Å². The van der Waals surface area contributed by atoms with E-state index in [0.717, 1.165) is 44.1 Å². The summed E-state index contributed by atoms with van der Waals surface area (Å²) in [5, 5.41) is 0. The van der Waals surface area contributed by atoms with Crippen molar-refractivity contribution in [1.29, 1.82) is 0 Å². The van der Waals surface area contributed by atoms with Crippen molar-refractivity contribution in [2.75, 3.05) is 13.2 Å². The molecule has 0 atom stereocenters. The zero-order valence-electron chi connectivity index (χ0n) is 11.7. The standard InChI is InChI=1S/C13H20FN3O3S/c14-10-7-13(9-16-8-10)21(18,19)17-5-6-20-12-3-1-11(15)2-4-12/h7-9,11-12,17H,1-6,15H2. The summed E-state index contributed by atoms with van der Waals surface area (Å²) in [6.07, 6.45) is 5.88. The third-order valence-electron chi connectivity index (χ3n) is 3.46. The van der Waals surface area contributed by atoms with E-state index < -0.39 is 15.8 Å². The van der Waals surface area contributed by atoms with E-state index in [1.165, 1.54) is 0 Å². The van der Waals surface area contributed by atoms with Crippen LogP contribution in [-0.4, -0.2) is 38.7 Å². The number of aromatic nitrogens is 1. The first-order valence-corrected chi connectivity index (χ1v) is 8.43. The van der Waals surface area contributed by atoms with E-state index in [1.54, 1.807) is 0 Å². The number of ether oxygens (including phenoxy) is 1. The minimum absolute atomic E-state index is 0.140. The van der Waals surface area contributed by atoms with Crippen molar-refractivity contribution < 1.29 is 17.5 Å². The van der Waals surface area contributed by atoms with E-state index in [0.29, 0.717) is 0 Å². The molecule has 1 aromatic heterocycles. The van der Waals surface area contributed by atoms with Crippen LogP contribution in [0.3, 0.4) is 0 Å². The Bertz CT molecular complexity index is 560. The molecule has 118 valence electrons. The number of sulfonamides is 1. The molecule has 21 heavy (non-hydrogen) atoms. The third-order valence-corrected chi connectivity index (χ3v) is 4.88. The third kappa shape index (κ3) is 4.99. The highest BCUT2D eigenvalue weighted by Crippen LogP contribution is 2.19. The molecule has 0 unspecified atom stereocenters. The van der Waals surface area contributed by atoms with Crippen LogP contribution in [-0.2, 0) is 14.8 Å². The van der Waals surface area contributed by atoms with E-state index in [2.05, 4.69) is 9.71 Å². The number of nitrogens with zero attached hydrogens (tertiary/aromatic N) is 1. The maximum atomic E-state index is 13.0. The van der Waals surface area contributed by atoms with Gasteiger partial charge in [-0.25, -0.2) is 17.5 Å². The summed E-state index contributed by atoms with van der Waals surface area (Å²) < 4.78 is 44.7. The SMILES string of the molecule is NC1CCC(OCCNS(=O)(=O)c2cncc(F)c2)CC1. The molecular formula is C13H20FN3O3S. The molecule has 0 saturated heterocycles. The van der Waals surface area contributed by atoms with Gasteiger partial charge in [0.15, 0.2) is 0 Å². The average molecular weight is 317 g/mol. The van der Waals surface area contributed by atoms with Gasteiger partial charge in [-0.15, -0.1) is 0 Å². The highest BCUT2D eigenvalue weighted by Gasteiger charge is 2.19. The maximum absolute atomic E-state index is 13.0. The van der Waals surface area contributed by atoms with Gasteiger partial charge in [-0.2, -0.15) is 0 Å². The highest BCUT2D eigenvalue weighted by atomic mass is 32.2. The zero-order chi connectivity index (χ0) is 15.3. The molecule has 6 nitrogen and oxygen atoms in total. The minimum atomic E-state index is -3.75. The number of halogens is 1. The topological polar surface area (TPSA) is 94.3 Å². The Morgan fingerprint density at radius 3 is 2.71 bits per heavy atom. The Morgan fingerprint density at radius 2 is 2.05 bits per heavy atom. The van der Waals surface area contributed by atoms with E-state index in [-0.39, 0.29) is 30.2 Å². The second-order valence-corrected chi connectivity index (χ2v) is 6.91. The Hall–Kier alpha value is -1.09. The van der Waals surface area contributed by atoms with Gasteiger partial charge >= 0.3 is 0 Å². The Balaban J connectivity index is 1.75. The quantitative estimate of drug-likeness (QED) is 0.756. The molecule has 0 amide bonds. The van der Waals surface area contributed by atoms with Crippen LogP contribution in [0.5, 0.6) is 0 Å². The van der Waals surface area contributed by atoms with Crippen molar-refractivity contribution in [2.45, 2.75) is 42.7 Å². The van der Waals surface area contributed by atoms with Crippen LogP contribution in [0.15, 0.2) is 23.4 Å². The van der Waals surface area contributed by atoms with Gasteiger partial charge < -0.3 is 10.5 Å². The van der Waals surface area contributed by atoms with Gasteiger partial charge in [0.25, 0.3) is 0 Å². The van der Waals surface area contributed by atoms with Crippen LogP contribution < -0.4 is 10.5 Å². The van der Waals surface area contributed by atoms with Crippen LogP contribution in [0.4, 0.5) is 4.39 Å². The maximum Gasteiger partial charge on any atom is 0.242 e. The summed E-state index contributed by atoms with van der Waals surface area (Å²) in [6.45, 7) is 0.420. The number of nitrogens with one attached hydrogen (secondary N) is 1. The van der Waals surface area contributed by atoms with E-state index in [4.69, 9.17) is 10.5 Å². The van der Waals surface area contributed by atoms with Crippen molar-refractivity contribution in [2.24, 2.45) is 5.73 Å². The molecular weight excluding hydrogens is 297 g/mol. The molecule has 0 aliphatic heterocycles. The van der Waals surface area contributed by atoms with Crippen molar-refractivity contribution in [1.82, 2.24) is 9.71 Å². The molecule has 1 fully saturated rings. The number of hydrogen-bond acceptors (Lipinski definition) is 5. The summed E-state index contributed by atoms with van der Waals surface area (Å²) in [5.74, 6) is -0.687. The van der Waals surface area contributed by atoms with Crippen molar-refractivity contribution in [3.63, 3.8) is 0 Å². The van der Waals surface area contributed by atoms with Gasteiger partial charge in [0.1, 0.15) is 10.7 Å². The van der Waals surface area contributed by atoms with Crippen molar-refractivity contribution >= 4 is 10.0 Å². The van der Waals surface area contributed by atoms with Gasteiger partial charge in [0.05, 0.1) is 18.9 Å². The first kappa shape index (κ1) is 16.3. The molecule has 3 N–H and O–H groups in total. The Kier molecular flexibility index (Phi) is 5.63. The molecule has 1 aliphatic rings. The average Bonchev–Trinajstić information content (AvgIpc) is 2.45. The van der Waals surface area contributed by atoms with E-state index >= 15 is 0 Å². The van der Waals surface area contributed by atoms with Crippen LogP contribution >= 0.6 is 0 Å². The summed E-state index contributed by atoms with van der Waals surface area (Å²) >= 11 is 0. The molecule has 2 rings (SSSR count). The summed E-state index contributed by atoms with van der Waals surface area (Å²) in [6, 6.07) is 1.18. The number of nitrogens with two attached hydrogens (primary N) is 1. The van der Waals surface area contributed by atoms with Crippen LogP contribution in [0.1, 0.15) is 25.7 Å². The van der Waals surface area contributed by atoms with Crippen molar-refractivity contribution in [3.8, 4) is 0 Å². The molecule has 1 aliphatic carbocycles. The molecule has 1 aromatic rings. The largest absolute Gasteiger partial charge is 0.377 e. The first-order valence-electron chi connectivity index (χ1n) is 6.95. The fourth-order valence-electron chi connectivity index (χ4n) is 2.28. The predicted octanol–water partition coefficient (Wildman–Crippen LogP) is 0.785. The normalized spacial score (nSPS) is 23.1. The predicted molar refractivity (Wildman–Crippen MR) is 75.6 cm³/mol. The minimum Gasteiger partial charge on any atom is -0.377 e. The smallest absolute Gasteiger partial charge is 0.242 e. The highest BCUT2D eigenvalue weighted by molar-refractivity contribution is 7.89. The second kappa shape index (κ2) is 7.26. The lowest BCUT2D eigenvalue weighted by Crippen LogP contribution is -2.33. The second-order valence-electron chi connectivity index (χ2n) is 5.14. The van der Waals surface area contributed by atoms with Crippen LogP contribution in [0.2, 0.25) is 0 Å². The lowest BCUT2D eigenvalue weighted by Gasteiger charge is -2.26. The molecule has 8 heteroatoms. The zero-order valence-corrected chi connectivity index (χ0v) is 12.5. The van der Waals surface area contributed by atoms with Crippen LogP contribution in [0.25, 0.3) is 0 Å². The lowest BCUT2D eigenvalue weighted by molar-refractivity contribution is 0.0287. The molecule has 1 saturated carbocycles. The summed E-state index contributed by atoms with van der Waals surface area (Å²) in [5.41, 5.74) is 5.80. The Labute approximate surface area is 123 Å². The molecule has 1 heterocycles. The van der Waals surface area contributed by atoms with E-state index in [1.807, 2.05) is 0 Å². The molecule has 0 bridgehead atoms. The monoisotopic (exact) mass is 317 g/mol. The number of rotatable bonds is 6. The number of hydrogen-bond donors (Lipinski definition) is 2. The lowest BCUT2D eigenvalue weighted by atomic mass is 9.94. The molecule has 0 spiro atoms. The first-order chi connectivity index (χ1) is 9.97. The van der Waals surface area contributed by atoms with Crippen molar-refractivity contribution in [3.05, 3.63) is 24.3 Å². The summed E-state index contributed by atoms with van der Waals surface area (Å²) in [4.78, 5) is 3.33. The Morgan fingerprint density at radius 1 is 1.33 bits per heavy atom. The van der Waals surface area contributed by atoms with Gasteiger partial charge in [0.2, 0.25) is 10.0 Å². The molecule has 0 radical (unpaired) electrons. The fourth-order valence-corrected chi connectivity index (χ4v) is 3.27. The molecule has 0 aromatic carbocycles. The summed E-state index contributed by atoms with van der Waals surface area (Å²) in [7, 11) is -3.75. The van der Waals surface area contributed by atoms with Crippen LogP contribution in [0, 0.1) is 5.82 Å².